The highest BCUT2D eigenvalue weighted by Gasteiger charge is 2.41. The molecule has 1 aromatic carbocycles. The lowest BCUT2D eigenvalue weighted by molar-refractivity contribution is -0.671. The molecule has 144 valence electrons. The number of carbonyl (C=O) groups is 1. The van der Waals surface area contributed by atoms with Crippen molar-refractivity contribution in [3.63, 3.8) is 0 Å². The molecule has 0 amide bonds. The van der Waals surface area contributed by atoms with E-state index in [2.05, 4.69) is 24.0 Å². The average molecular weight is 382 g/mol. The highest BCUT2D eigenvalue weighted by atomic mass is 19.4. The van der Waals surface area contributed by atoms with E-state index >= 15 is 0 Å². The number of halogens is 6. The minimum atomic E-state index is -5.21. The third-order valence-corrected chi connectivity index (χ3v) is 3.46. The van der Waals surface area contributed by atoms with Crippen molar-refractivity contribution >= 4 is 5.97 Å². The molecular formula is C16H16F6N2O2. The molecule has 0 unspecified atom stereocenters. The molecule has 10 heteroatoms. The van der Waals surface area contributed by atoms with Gasteiger partial charge in [0.2, 0.25) is 6.33 Å². The molecule has 0 saturated heterocycles. The van der Waals surface area contributed by atoms with Gasteiger partial charge >= 0.3 is 12.4 Å². The molecule has 2 rings (SSSR count). The van der Waals surface area contributed by atoms with Crippen molar-refractivity contribution in [2.45, 2.75) is 32.7 Å². The number of carboxylic acids is 1. The number of hydrogen-bond acceptors (Lipinski definition) is 2. The van der Waals surface area contributed by atoms with Crippen molar-refractivity contribution in [3.8, 4) is 0 Å². The van der Waals surface area contributed by atoms with Crippen LogP contribution in [0.2, 0.25) is 0 Å². The van der Waals surface area contributed by atoms with Crippen LogP contribution in [0.5, 0.6) is 0 Å². The van der Waals surface area contributed by atoms with E-state index in [4.69, 9.17) is 0 Å². The van der Waals surface area contributed by atoms with Gasteiger partial charge in [-0.3, -0.25) is 0 Å². The van der Waals surface area contributed by atoms with Gasteiger partial charge in [0.25, 0.3) is 0 Å². The topological polar surface area (TPSA) is 48.9 Å². The fraction of sp³-hybridized carbons (Fsp3) is 0.375. The van der Waals surface area contributed by atoms with Crippen molar-refractivity contribution in [2.75, 3.05) is 0 Å². The largest absolute Gasteiger partial charge is 0.545 e. The minimum Gasteiger partial charge on any atom is -0.545 e. The first-order chi connectivity index (χ1) is 11.8. The minimum absolute atomic E-state index is 0.244. The Balaban J connectivity index is 0.000000350. The monoisotopic (exact) mass is 382 g/mol. The summed E-state index contributed by atoms with van der Waals surface area (Å²) in [5.41, 5.74) is -5.86. The number of nitrogens with zero attached hydrogens (tertiary/aromatic N) is 2. The summed E-state index contributed by atoms with van der Waals surface area (Å²) in [4.78, 5) is 10.5. The molecule has 0 radical (unpaired) electrons. The van der Waals surface area contributed by atoms with Crippen LogP contribution in [-0.4, -0.2) is 10.5 Å². The van der Waals surface area contributed by atoms with Crippen LogP contribution in [0.15, 0.2) is 30.9 Å². The first kappa shape index (κ1) is 21.5. The molecule has 0 bridgehead atoms. The maximum atomic E-state index is 12.6. The van der Waals surface area contributed by atoms with E-state index in [-0.39, 0.29) is 12.1 Å². The van der Waals surface area contributed by atoms with E-state index in [1.54, 1.807) is 0 Å². The second-order valence-electron chi connectivity index (χ2n) is 5.35. The summed E-state index contributed by atoms with van der Waals surface area (Å²) in [6.45, 7) is 3.75. The van der Waals surface area contributed by atoms with E-state index < -0.39 is 40.6 Å². The Kier molecular flexibility index (Phi) is 6.45. The van der Waals surface area contributed by atoms with Gasteiger partial charge in [0.05, 0.1) is 30.7 Å². The molecule has 1 heterocycles. The number of carboxylic acid groups (broad SMARTS) is 1. The molecule has 1 aromatic heterocycles. The van der Waals surface area contributed by atoms with Crippen LogP contribution >= 0.6 is 0 Å². The number of benzene rings is 1. The second kappa shape index (κ2) is 7.79. The van der Waals surface area contributed by atoms with E-state index in [0.717, 1.165) is 6.54 Å². The molecule has 2 aromatic rings. The van der Waals surface area contributed by atoms with Crippen LogP contribution in [0.4, 0.5) is 26.3 Å². The van der Waals surface area contributed by atoms with Gasteiger partial charge in [-0.05, 0) is 25.5 Å². The van der Waals surface area contributed by atoms with Gasteiger partial charge in [-0.2, -0.15) is 26.3 Å². The van der Waals surface area contributed by atoms with E-state index in [1.807, 2.05) is 17.8 Å². The van der Waals surface area contributed by atoms with Crippen LogP contribution in [0, 0.1) is 6.92 Å². The standard InChI is InChI=1S/C10H6F6O2.C6H11N2/c1-4-6(9(11,12)13)3-2-5(8(17)18)7(4)10(14,15)16;1-3-8-5-4-7(2)6-8/h2-3H,1H3,(H,17,18);4-6H,3H2,1-2H3/q;+1/p-1. The average Bonchev–Trinajstić information content (AvgIpc) is 2.90. The summed E-state index contributed by atoms with van der Waals surface area (Å²) in [6, 6.07) is 0.531. The smallest absolute Gasteiger partial charge is 0.417 e. The third-order valence-electron chi connectivity index (χ3n) is 3.46. The van der Waals surface area contributed by atoms with E-state index in [9.17, 15) is 36.2 Å². The van der Waals surface area contributed by atoms with Gasteiger partial charge in [-0.15, -0.1) is 0 Å². The van der Waals surface area contributed by atoms with Crippen LogP contribution in [0.25, 0.3) is 0 Å². The molecule has 0 fully saturated rings. The Morgan fingerprint density at radius 1 is 1.15 bits per heavy atom. The number of hydrogen-bond donors (Lipinski definition) is 0. The van der Waals surface area contributed by atoms with Gasteiger partial charge in [-0.1, -0.05) is 6.07 Å². The van der Waals surface area contributed by atoms with Crippen molar-refractivity contribution in [3.05, 3.63) is 53.1 Å². The molecule has 4 nitrogen and oxygen atoms in total. The highest BCUT2D eigenvalue weighted by molar-refractivity contribution is 5.88. The molecule has 0 aliphatic carbocycles. The third kappa shape index (κ3) is 5.24. The van der Waals surface area contributed by atoms with Gasteiger partial charge in [0.15, 0.2) is 0 Å². The highest BCUT2D eigenvalue weighted by Crippen LogP contribution is 2.40. The van der Waals surface area contributed by atoms with Gasteiger partial charge < -0.3 is 9.90 Å². The summed E-state index contributed by atoms with van der Waals surface area (Å²) in [5, 5.41) is 10.5. The number of imidazole rings is 1. The number of rotatable bonds is 2. The lowest BCUT2D eigenvalue weighted by Crippen LogP contribution is -2.28. The van der Waals surface area contributed by atoms with Gasteiger partial charge in [0, 0.05) is 5.56 Å². The van der Waals surface area contributed by atoms with Gasteiger partial charge in [-0.25, -0.2) is 9.13 Å². The predicted octanol–water partition coefficient (Wildman–Crippen LogP) is 2.73. The van der Waals surface area contributed by atoms with Crippen LogP contribution in [0.3, 0.4) is 0 Å². The Morgan fingerprint density at radius 3 is 2.04 bits per heavy atom. The fourth-order valence-electron chi connectivity index (χ4n) is 2.24. The van der Waals surface area contributed by atoms with Crippen molar-refractivity contribution in [1.82, 2.24) is 4.57 Å². The summed E-state index contributed by atoms with van der Waals surface area (Å²) >= 11 is 0. The fourth-order valence-corrected chi connectivity index (χ4v) is 2.24. The maximum absolute atomic E-state index is 12.6. The van der Waals surface area contributed by atoms with Gasteiger partial charge in [0.1, 0.15) is 12.4 Å². The molecule has 26 heavy (non-hydrogen) atoms. The summed E-state index contributed by atoms with van der Waals surface area (Å²) in [5.74, 6) is -2.18. The normalized spacial score (nSPS) is 11.7. The van der Waals surface area contributed by atoms with E-state index in [1.165, 1.54) is 0 Å². The zero-order valence-corrected chi connectivity index (χ0v) is 14.1. The summed E-state index contributed by atoms with van der Waals surface area (Å²) in [6.07, 6.45) is -4.06. The lowest BCUT2D eigenvalue weighted by Gasteiger charge is -2.20. The molecule has 0 atom stereocenters. The quantitative estimate of drug-likeness (QED) is 0.593. The zero-order valence-electron chi connectivity index (χ0n) is 14.1. The Morgan fingerprint density at radius 2 is 1.73 bits per heavy atom. The zero-order chi connectivity index (χ0) is 20.3. The van der Waals surface area contributed by atoms with Crippen molar-refractivity contribution < 1.29 is 40.8 Å². The molecule has 0 aliphatic rings. The first-order valence-corrected chi connectivity index (χ1v) is 7.29. The summed E-state index contributed by atoms with van der Waals surface area (Å²) in [7, 11) is 2.02. The number of aryl methyl sites for hydroxylation is 2. The molecule has 0 saturated carbocycles. The van der Waals surface area contributed by atoms with Crippen molar-refractivity contribution in [1.29, 1.82) is 0 Å². The molecule has 0 spiro atoms. The molecule has 0 N–H and O–H groups in total. The lowest BCUT2D eigenvalue weighted by atomic mass is 9.96. The van der Waals surface area contributed by atoms with Crippen molar-refractivity contribution in [2.24, 2.45) is 7.05 Å². The number of aromatic carboxylic acids is 1. The Bertz CT molecular complexity index is 778. The number of aromatic nitrogens is 2. The van der Waals surface area contributed by atoms with E-state index in [0.29, 0.717) is 6.92 Å². The summed E-state index contributed by atoms with van der Waals surface area (Å²) < 4.78 is 79.2. The predicted molar refractivity (Wildman–Crippen MR) is 76.8 cm³/mol. The van der Waals surface area contributed by atoms with Crippen LogP contribution in [0.1, 0.15) is 34.0 Å². The Labute approximate surface area is 145 Å². The van der Waals surface area contributed by atoms with Crippen LogP contribution in [-0.2, 0) is 25.9 Å². The van der Waals surface area contributed by atoms with Crippen LogP contribution < -0.4 is 9.67 Å². The number of alkyl halides is 6. The SMILES string of the molecule is CCn1cc[n+](C)c1.Cc1c(C(F)(F)F)ccc(C(=O)[O-])c1C(F)(F)F. The first-order valence-electron chi connectivity index (χ1n) is 7.29. The Hall–Kier alpha value is -2.52. The maximum Gasteiger partial charge on any atom is 0.417 e. The number of carbonyl (C=O) groups excluding carboxylic acids is 1. The molecule has 0 aliphatic heterocycles. The molecular weight excluding hydrogens is 366 g/mol. The second-order valence-corrected chi connectivity index (χ2v) is 5.35.